The molecule has 0 atom stereocenters. The minimum atomic E-state index is -0.112. The summed E-state index contributed by atoms with van der Waals surface area (Å²) < 4.78 is 2.64. The second-order valence-corrected chi connectivity index (χ2v) is 7.81. The molecule has 0 radical (unpaired) electrons. The van der Waals surface area contributed by atoms with Crippen LogP contribution in [0.5, 0.6) is 0 Å². The fourth-order valence-electron chi connectivity index (χ4n) is 1.56. The Hall–Kier alpha value is -1.14. The number of nitrogens with one attached hydrogen (secondary N) is 1. The van der Waals surface area contributed by atoms with Gasteiger partial charge in [0.15, 0.2) is 0 Å². The van der Waals surface area contributed by atoms with Crippen LogP contribution in [0.2, 0.25) is 0 Å². The first-order valence-corrected chi connectivity index (χ1v) is 7.49. The number of hydrogen-bond donors (Lipinski definition) is 1. The van der Waals surface area contributed by atoms with Crippen molar-refractivity contribution >= 4 is 39.0 Å². The minimum absolute atomic E-state index is 0.0350. The molecular weight excluding hydrogens is 326 g/mol. The van der Waals surface area contributed by atoms with E-state index in [1.165, 1.54) is 11.3 Å². The molecule has 0 saturated heterocycles. The number of thiophene rings is 1. The highest BCUT2D eigenvalue weighted by molar-refractivity contribution is 9.11. The predicted octanol–water partition coefficient (Wildman–Crippen LogP) is 3.79. The van der Waals surface area contributed by atoms with Gasteiger partial charge in [0.25, 0.3) is 5.91 Å². The van der Waals surface area contributed by atoms with Crippen LogP contribution in [0.3, 0.4) is 0 Å². The number of rotatable bonds is 2. The van der Waals surface area contributed by atoms with E-state index >= 15 is 0 Å². The second-order valence-electron chi connectivity index (χ2n) is 5.35. The summed E-state index contributed by atoms with van der Waals surface area (Å²) in [7, 11) is 1.83. The first-order chi connectivity index (χ1) is 8.77. The molecule has 0 aromatic carbocycles. The van der Waals surface area contributed by atoms with Gasteiger partial charge in [0.05, 0.1) is 14.4 Å². The van der Waals surface area contributed by atoms with Crippen LogP contribution < -0.4 is 5.32 Å². The third-order valence-corrected chi connectivity index (χ3v) is 4.31. The summed E-state index contributed by atoms with van der Waals surface area (Å²) in [6.07, 6.45) is 0. The fourth-order valence-corrected chi connectivity index (χ4v) is 2.85. The first-order valence-electron chi connectivity index (χ1n) is 5.88. The van der Waals surface area contributed by atoms with Crippen LogP contribution in [0.1, 0.15) is 36.1 Å². The summed E-state index contributed by atoms with van der Waals surface area (Å²) in [6.45, 7) is 6.28. The van der Waals surface area contributed by atoms with E-state index in [0.29, 0.717) is 10.7 Å². The molecule has 2 rings (SSSR count). The Morgan fingerprint density at radius 2 is 2.11 bits per heavy atom. The number of carbonyl (C=O) groups excluding carboxylic acids is 1. The van der Waals surface area contributed by atoms with Crippen LogP contribution in [-0.4, -0.2) is 15.7 Å². The van der Waals surface area contributed by atoms with Gasteiger partial charge >= 0.3 is 0 Å². The number of hydrogen-bond acceptors (Lipinski definition) is 3. The molecular formula is C13H16BrN3OS. The monoisotopic (exact) mass is 341 g/mol. The molecule has 4 nitrogen and oxygen atoms in total. The summed E-state index contributed by atoms with van der Waals surface area (Å²) in [5.41, 5.74) is 0.921. The highest BCUT2D eigenvalue weighted by Gasteiger charge is 2.20. The Balaban J connectivity index is 2.20. The van der Waals surface area contributed by atoms with Crippen LogP contribution in [-0.2, 0) is 12.5 Å². The molecule has 0 spiro atoms. The lowest BCUT2D eigenvalue weighted by atomic mass is 9.92. The molecule has 0 aliphatic heterocycles. The van der Waals surface area contributed by atoms with Gasteiger partial charge in [0, 0.05) is 18.5 Å². The van der Waals surface area contributed by atoms with Gasteiger partial charge < -0.3 is 5.32 Å². The van der Waals surface area contributed by atoms with Crippen LogP contribution in [0.15, 0.2) is 22.0 Å². The molecule has 2 heterocycles. The lowest BCUT2D eigenvalue weighted by Crippen LogP contribution is -2.13. The number of aromatic nitrogens is 2. The quantitative estimate of drug-likeness (QED) is 0.903. The average Bonchev–Trinajstić information content (AvgIpc) is 2.85. The third-order valence-electron chi connectivity index (χ3n) is 2.69. The molecule has 0 fully saturated rings. The second kappa shape index (κ2) is 5.09. The van der Waals surface area contributed by atoms with E-state index in [2.05, 4.69) is 47.1 Å². The highest BCUT2D eigenvalue weighted by Crippen LogP contribution is 2.25. The number of halogens is 1. The number of nitrogens with zero attached hydrogens (tertiary/aromatic N) is 2. The SMILES string of the molecule is Cn1nc(C(C)(C)C)cc1NC(=O)c1ccc(Br)s1. The Kier molecular flexibility index (Phi) is 3.82. The lowest BCUT2D eigenvalue weighted by Gasteiger charge is -2.13. The molecule has 6 heteroatoms. The zero-order valence-corrected chi connectivity index (χ0v) is 13.7. The molecule has 2 aromatic rings. The number of amides is 1. The molecule has 0 bridgehead atoms. The zero-order chi connectivity index (χ0) is 14.2. The number of anilines is 1. The maximum atomic E-state index is 12.1. The van der Waals surface area contributed by atoms with E-state index in [4.69, 9.17) is 0 Å². The van der Waals surface area contributed by atoms with Gasteiger partial charge in [-0.2, -0.15) is 5.10 Å². The standard InChI is InChI=1S/C13H16BrN3OS/c1-13(2,3)9-7-11(17(4)16-9)15-12(18)8-5-6-10(14)19-8/h5-7H,1-4H3,(H,15,18). The molecule has 0 saturated carbocycles. The molecule has 0 aliphatic rings. The smallest absolute Gasteiger partial charge is 0.266 e. The molecule has 0 aliphatic carbocycles. The third kappa shape index (κ3) is 3.25. The Morgan fingerprint density at radius 1 is 1.42 bits per heavy atom. The Labute approximate surface area is 125 Å². The van der Waals surface area contributed by atoms with Crippen molar-refractivity contribution in [1.29, 1.82) is 0 Å². The molecule has 102 valence electrons. The van der Waals surface area contributed by atoms with E-state index in [-0.39, 0.29) is 11.3 Å². The van der Waals surface area contributed by atoms with Crippen molar-refractivity contribution in [2.75, 3.05) is 5.32 Å². The van der Waals surface area contributed by atoms with Crippen molar-refractivity contribution < 1.29 is 4.79 Å². The highest BCUT2D eigenvalue weighted by atomic mass is 79.9. The Bertz CT molecular complexity index is 610. The topological polar surface area (TPSA) is 46.9 Å². The molecule has 0 unspecified atom stereocenters. The van der Waals surface area contributed by atoms with E-state index in [0.717, 1.165) is 9.48 Å². The van der Waals surface area contributed by atoms with Crippen LogP contribution >= 0.6 is 27.3 Å². The largest absolute Gasteiger partial charge is 0.306 e. The van der Waals surface area contributed by atoms with E-state index in [1.807, 2.05) is 19.2 Å². The number of carbonyl (C=O) groups is 1. The van der Waals surface area contributed by atoms with Gasteiger partial charge in [-0.3, -0.25) is 9.48 Å². The summed E-state index contributed by atoms with van der Waals surface area (Å²) in [6, 6.07) is 5.58. The van der Waals surface area contributed by atoms with E-state index in [1.54, 1.807) is 10.7 Å². The van der Waals surface area contributed by atoms with Crippen molar-refractivity contribution in [3.8, 4) is 0 Å². The first kappa shape index (κ1) is 14.3. The van der Waals surface area contributed by atoms with Gasteiger partial charge in [-0.1, -0.05) is 20.8 Å². The fraction of sp³-hybridized carbons (Fsp3) is 0.385. The van der Waals surface area contributed by atoms with E-state index in [9.17, 15) is 4.79 Å². The van der Waals surface area contributed by atoms with Crippen molar-refractivity contribution in [1.82, 2.24) is 9.78 Å². The normalized spacial score (nSPS) is 11.6. The van der Waals surface area contributed by atoms with Crippen molar-refractivity contribution in [3.05, 3.63) is 32.6 Å². The molecule has 1 N–H and O–H groups in total. The van der Waals surface area contributed by atoms with Gasteiger partial charge in [-0.25, -0.2) is 0 Å². The zero-order valence-electron chi connectivity index (χ0n) is 11.3. The van der Waals surface area contributed by atoms with Gasteiger partial charge in [0.2, 0.25) is 0 Å². The van der Waals surface area contributed by atoms with Gasteiger partial charge in [0.1, 0.15) is 5.82 Å². The van der Waals surface area contributed by atoms with Crippen molar-refractivity contribution in [3.63, 3.8) is 0 Å². The molecule has 2 aromatic heterocycles. The summed E-state index contributed by atoms with van der Waals surface area (Å²) in [5, 5.41) is 7.31. The van der Waals surface area contributed by atoms with Crippen molar-refractivity contribution in [2.24, 2.45) is 7.05 Å². The van der Waals surface area contributed by atoms with Crippen LogP contribution in [0, 0.1) is 0 Å². The van der Waals surface area contributed by atoms with E-state index < -0.39 is 0 Å². The molecule has 1 amide bonds. The minimum Gasteiger partial charge on any atom is -0.306 e. The van der Waals surface area contributed by atoms with Gasteiger partial charge in [-0.05, 0) is 28.1 Å². The number of aryl methyl sites for hydroxylation is 1. The summed E-state index contributed by atoms with van der Waals surface area (Å²) in [4.78, 5) is 12.7. The molecule has 19 heavy (non-hydrogen) atoms. The summed E-state index contributed by atoms with van der Waals surface area (Å²) in [5.74, 6) is 0.596. The summed E-state index contributed by atoms with van der Waals surface area (Å²) >= 11 is 4.76. The van der Waals surface area contributed by atoms with Crippen LogP contribution in [0.25, 0.3) is 0 Å². The maximum absolute atomic E-state index is 12.1. The average molecular weight is 342 g/mol. The maximum Gasteiger partial charge on any atom is 0.266 e. The van der Waals surface area contributed by atoms with Crippen molar-refractivity contribution in [2.45, 2.75) is 26.2 Å². The van der Waals surface area contributed by atoms with Gasteiger partial charge in [-0.15, -0.1) is 11.3 Å². The van der Waals surface area contributed by atoms with Crippen LogP contribution in [0.4, 0.5) is 5.82 Å². The Morgan fingerprint density at radius 3 is 2.58 bits per heavy atom. The lowest BCUT2D eigenvalue weighted by molar-refractivity contribution is 0.102. The predicted molar refractivity (Wildman–Crippen MR) is 81.9 cm³/mol.